The van der Waals surface area contributed by atoms with Crippen molar-refractivity contribution >= 4 is 11.8 Å². The smallest absolute Gasteiger partial charge is 0.226 e. The number of carbonyl (C=O) groups excluding carboxylic acids is 2. The van der Waals surface area contributed by atoms with E-state index in [-0.39, 0.29) is 17.7 Å². The Labute approximate surface area is 157 Å². The maximum Gasteiger partial charge on any atom is 0.226 e. The Hall–Kier alpha value is -1.84. The first-order valence-electron chi connectivity index (χ1n) is 10.3. The molecular weight excluding hydrogens is 324 g/mol. The number of piperidine rings is 1. The molecule has 1 saturated heterocycles. The highest BCUT2D eigenvalue weighted by Crippen LogP contribution is 2.21. The number of nitrogens with one attached hydrogen (secondary N) is 1. The normalized spacial score (nSPS) is 19.8. The second kappa shape index (κ2) is 9.20. The largest absolute Gasteiger partial charge is 0.353 e. The first-order valence-corrected chi connectivity index (χ1v) is 10.3. The molecule has 0 atom stereocenters. The molecular formula is C22H32N2O2. The van der Waals surface area contributed by atoms with Crippen LogP contribution in [0, 0.1) is 12.8 Å². The molecule has 1 aromatic rings. The van der Waals surface area contributed by atoms with Crippen LogP contribution in [0.25, 0.3) is 0 Å². The van der Waals surface area contributed by atoms with Gasteiger partial charge in [0.05, 0.1) is 6.42 Å². The van der Waals surface area contributed by atoms with Gasteiger partial charge in [-0.05, 0) is 38.2 Å². The van der Waals surface area contributed by atoms with Crippen LogP contribution in [0.2, 0.25) is 0 Å². The number of hydrogen-bond donors (Lipinski definition) is 1. The molecule has 1 aliphatic heterocycles. The lowest BCUT2D eigenvalue weighted by Gasteiger charge is -2.32. The van der Waals surface area contributed by atoms with Crippen LogP contribution < -0.4 is 5.32 Å². The minimum absolute atomic E-state index is 0.0706. The van der Waals surface area contributed by atoms with E-state index in [9.17, 15) is 9.59 Å². The highest BCUT2D eigenvalue weighted by atomic mass is 16.2. The summed E-state index contributed by atoms with van der Waals surface area (Å²) in [6.07, 6.45) is 9.35. The molecule has 1 saturated carbocycles. The SMILES string of the molecule is Cc1cccc(CC(=O)N2CCC(C(=O)NC3CCCCCC3)CC2)c1. The molecule has 0 spiro atoms. The van der Waals surface area contributed by atoms with Crippen LogP contribution in [0.4, 0.5) is 0 Å². The van der Waals surface area contributed by atoms with E-state index < -0.39 is 0 Å². The summed E-state index contributed by atoms with van der Waals surface area (Å²) in [5.74, 6) is 0.460. The summed E-state index contributed by atoms with van der Waals surface area (Å²) in [4.78, 5) is 27.0. The lowest BCUT2D eigenvalue weighted by atomic mass is 9.94. The molecule has 4 nitrogen and oxygen atoms in total. The van der Waals surface area contributed by atoms with Crippen molar-refractivity contribution in [2.45, 2.75) is 70.8 Å². The van der Waals surface area contributed by atoms with Crippen molar-refractivity contribution in [3.05, 3.63) is 35.4 Å². The zero-order chi connectivity index (χ0) is 18.4. The topological polar surface area (TPSA) is 49.4 Å². The monoisotopic (exact) mass is 356 g/mol. The summed E-state index contributed by atoms with van der Waals surface area (Å²) >= 11 is 0. The van der Waals surface area contributed by atoms with Gasteiger partial charge in [0.2, 0.25) is 11.8 Å². The average Bonchev–Trinajstić information content (AvgIpc) is 2.90. The van der Waals surface area contributed by atoms with Crippen LogP contribution in [0.15, 0.2) is 24.3 Å². The quantitative estimate of drug-likeness (QED) is 0.838. The van der Waals surface area contributed by atoms with Gasteiger partial charge in [-0.2, -0.15) is 0 Å². The fourth-order valence-corrected chi connectivity index (χ4v) is 4.24. The van der Waals surface area contributed by atoms with E-state index in [0.717, 1.165) is 31.2 Å². The molecule has 2 amide bonds. The van der Waals surface area contributed by atoms with E-state index in [1.807, 2.05) is 30.0 Å². The zero-order valence-electron chi connectivity index (χ0n) is 16.0. The number of amides is 2. The minimum atomic E-state index is 0.0706. The van der Waals surface area contributed by atoms with Crippen molar-refractivity contribution in [1.82, 2.24) is 10.2 Å². The molecule has 1 aromatic carbocycles. The maximum absolute atomic E-state index is 12.6. The summed E-state index contributed by atoms with van der Waals surface area (Å²) in [6, 6.07) is 8.50. The molecule has 0 aromatic heterocycles. The summed E-state index contributed by atoms with van der Waals surface area (Å²) in [7, 11) is 0. The molecule has 3 rings (SSSR count). The summed E-state index contributed by atoms with van der Waals surface area (Å²) in [6.45, 7) is 3.45. The minimum Gasteiger partial charge on any atom is -0.353 e. The Morgan fingerprint density at radius 2 is 1.73 bits per heavy atom. The standard InChI is InChI=1S/C22H32N2O2/c1-17-7-6-8-18(15-17)16-21(25)24-13-11-19(12-14-24)22(26)23-20-9-4-2-3-5-10-20/h6-8,15,19-20H,2-5,9-14,16H2,1H3,(H,23,26). The summed E-state index contributed by atoms with van der Waals surface area (Å²) < 4.78 is 0. The van der Waals surface area contributed by atoms with Gasteiger partial charge < -0.3 is 10.2 Å². The molecule has 142 valence electrons. The number of carbonyl (C=O) groups is 2. The summed E-state index contributed by atoms with van der Waals surface area (Å²) in [5.41, 5.74) is 2.26. The third-order valence-electron chi connectivity index (χ3n) is 5.86. The van der Waals surface area contributed by atoms with E-state index >= 15 is 0 Å². The molecule has 0 radical (unpaired) electrons. The third kappa shape index (κ3) is 5.33. The van der Waals surface area contributed by atoms with Gasteiger partial charge in [0.25, 0.3) is 0 Å². The van der Waals surface area contributed by atoms with Crippen molar-refractivity contribution in [2.75, 3.05) is 13.1 Å². The van der Waals surface area contributed by atoms with Crippen molar-refractivity contribution in [2.24, 2.45) is 5.92 Å². The van der Waals surface area contributed by atoms with Crippen molar-refractivity contribution in [3.8, 4) is 0 Å². The molecule has 1 heterocycles. The van der Waals surface area contributed by atoms with E-state index in [2.05, 4.69) is 11.4 Å². The van der Waals surface area contributed by atoms with E-state index in [4.69, 9.17) is 0 Å². The zero-order valence-corrected chi connectivity index (χ0v) is 16.0. The van der Waals surface area contributed by atoms with Gasteiger partial charge in [-0.1, -0.05) is 55.5 Å². The average molecular weight is 357 g/mol. The second-order valence-electron chi connectivity index (χ2n) is 8.02. The van der Waals surface area contributed by atoms with Crippen LogP contribution in [-0.2, 0) is 16.0 Å². The maximum atomic E-state index is 12.6. The van der Waals surface area contributed by atoms with Crippen molar-refractivity contribution < 1.29 is 9.59 Å². The number of hydrogen-bond acceptors (Lipinski definition) is 2. The van der Waals surface area contributed by atoms with Crippen LogP contribution in [0.3, 0.4) is 0 Å². The number of likely N-dealkylation sites (tertiary alicyclic amines) is 1. The first kappa shape index (κ1) is 18.9. The van der Waals surface area contributed by atoms with Crippen LogP contribution >= 0.6 is 0 Å². The van der Waals surface area contributed by atoms with Gasteiger partial charge >= 0.3 is 0 Å². The van der Waals surface area contributed by atoms with Gasteiger partial charge in [0.15, 0.2) is 0 Å². The Kier molecular flexibility index (Phi) is 6.70. The fourth-order valence-electron chi connectivity index (χ4n) is 4.24. The number of nitrogens with zero attached hydrogens (tertiary/aromatic N) is 1. The van der Waals surface area contributed by atoms with E-state index in [1.165, 1.54) is 31.2 Å². The molecule has 2 fully saturated rings. The molecule has 4 heteroatoms. The lowest BCUT2D eigenvalue weighted by molar-refractivity contribution is -0.135. The highest BCUT2D eigenvalue weighted by molar-refractivity contribution is 5.81. The van der Waals surface area contributed by atoms with Gasteiger partial charge in [-0.25, -0.2) is 0 Å². The molecule has 0 bridgehead atoms. The summed E-state index contributed by atoms with van der Waals surface area (Å²) in [5, 5.41) is 3.28. The van der Waals surface area contributed by atoms with E-state index in [0.29, 0.717) is 25.6 Å². The molecule has 1 N–H and O–H groups in total. The molecule has 1 aliphatic carbocycles. The second-order valence-corrected chi connectivity index (χ2v) is 8.02. The highest BCUT2D eigenvalue weighted by Gasteiger charge is 2.28. The molecule has 0 unspecified atom stereocenters. The van der Waals surface area contributed by atoms with Crippen molar-refractivity contribution in [1.29, 1.82) is 0 Å². The van der Waals surface area contributed by atoms with E-state index in [1.54, 1.807) is 0 Å². The Morgan fingerprint density at radius 1 is 1.04 bits per heavy atom. The fraction of sp³-hybridized carbons (Fsp3) is 0.636. The van der Waals surface area contributed by atoms with Crippen molar-refractivity contribution in [3.63, 3.8) is 0 Å². The number of benzene rings is 1. The molecule has 2 aliphatic rings. The van der Waals surface area contributed by atoms with Crippen LogP contribution in [-0.4, -0.2) is 35.8 Å². The predicted octanol–water partition coefficient (Wildman–Crippen LogP) is 3.62. The Bertz CT molecular complexity index is 612. The van der Waals surface area contributed by atoms with Gasteiger partial charge in [0.1, 0.15) is 0 Å². The van der Waals surface area contributed by atoms with Crippen LogP contribution in [0.5, 0.6) is 0 Å². The first-order chi connectivity index (χ1) is 12.6. The van der Waals surface area contributed by atoms with Gasteiger partial charge in [-0.15, -0.1) is 0 Å². The molecule has 26 heavy (non-hydrogen) atoms. The Balaban J connectivity index is 1.44. The number of aryl methyl sites for hydroxylation is 1. The third-order valence-corrected chi connectivity index (χ3v) is 5.86. The van der Waals surface area contributed by atoms with Crippen LogP contribution in [0.1, 0.15) is 62.5 Å². The van der Waals surface area contributed by atoms with Gasteiger partial charge in [0, 0.05) is 25.0 Å². The Morgan fingerprint density at radius 3 is 2.38 bits per heavy atom. The lowest BCUT2D eigenvalue weighted by Crippen LogP contribution is -2.45. The van der Waals surface area contributed by atoms with Gasteiger partial charge in [-0.3, -0.25) is 9.59 Å². The predicted molar refractivity (Wildman–Crippen MR) is 104 cm³/mol. The number of rotatable bonds is 4.